The number of hydrogen-bond acceptors (Lipinski definition) is 2. The molecule has 0 bridgehead atoms. The fourth-order valence-corrected chi connectivity index (χ4v) is 2.60. The summed E-state index contributed by atoms with van der Waals surface area (Å²) in [7, 11) is 0. The molecule has 1 amide bonds. The molecule has 1 unspecified atom stereocenters. The summed E-state index contributed by atoms with van der Waals surface area (Å²) in [5.41, 5.74) is 7.11. The van der Waals surface area contributed by atoms with E-state index in [4.69, 9.17) is 5.73 Å². The van der Waals surface area contributed by atoms with E-state index in [0.717, 1.165) is 5.56 Å². The van der Waals surface area contributed by atoms with Gasteiger partial charge in [-0.3, -0.25) is 4.79 Å². The highest BCUT2D eigenvalue weighted by Gasteiger charge is 2.65. The predicted molar refractivity (Wildman–Crippen MR) is 72.9 cm³/mol. The molecule has 0 aromatic heterocycles. The third-order valence-electron chi connectivity index (χ3n) is 4.75. The molecule has 1 aliphatic carbocycles. The number of rotatable bonds is 3. The van der Waals surface area contributed by atoms with Crippen molar-refractivity contribution in [1.29, 1.82) is 0 Å². The fraction of sp³-hybridized carbons (Fsp3) is 0.533. The molecule has 0 saturated heterocycles. The van der Waals surface area contributed by atoms with E-state index < -0.39 is 6.04 Å². The van der Waals surface area contributed by atoms with E-state index in [1.165, 1.54) is 0 Å². The first kappa shape index (κ1) is 13.1. The van der Waals surface area contributed by atoms with E-state index in [1.54, 1.807) is 0 Å². The lowest BCUT2D eigenvalue weighted by molar-refractivity contribution is -0.122. The van der Waals surface area contributed by atoms with Crippen LogP contribution >= 0.6 is 0 Å². The van der Waals surface area contributed by atoms with Gasteiger partial charge in [0.15, 0.2) is 0 Å². The van der Waals surface area contributed by atoms with E-state index >= 15 is 0 Å². The average Bonchev–Trinajstić information content (AvgIpc) is 2.72. The van der Waals surface area contributed by atoms with Gasteiger partial charge >= 0.3 is 0 Å². The SMILES string of the molecule is CC1(C)C(NC(=O)C(N)c2ccccc2)C1(C)C. The predicted octanol–water partition coefficient (Wildman–Crippen LogP) is 2.24. The van der Waals surface area contributed by atoms with Crippen LogP contribution in [-0.2, 0) is 4.79 Å². The van der Waals surface area contributed by atoms with Crippen LogP contribution in [0.3, 0.4) is 0 Å². The average molecular weight is 246 g/mol. The second-order valence-electron chi connectivity index (χ2n) is 6.27. The van der Waals surface area contributed by atoms with Gasteiger partial charge in [-0.15, -0.1) is 0 Å². The minimum Gasteiger partial charge on any atom is -0.351 e. The van der Waals surface area contributed by atoms with Crippen molar-refractivity contribution in [3.8, 4) is 0 Å². The van der Waals surface area contributed by atoms with Gasteiger partial charge in [-0.2, -0.15) is 0 Å². The monoisotopic (exact) mass is 246 g/mol. The van der Waals surface area contributed by atoms with Gasteiger partial charge in [0.25, 0.3) is 0 Å². The van der Waals surface area contributed by atoms with Crippen LogP contribution in [0, 0.1) is 10.8 Å². The first-order valence-corrected chi connectivity index (χ1v) is 6.39. The second-order valence-corrected chi connectivity index (χ2v) is 6.27. The van der Waals surface area contributed by atoms with Gasteiger partial charge in [-0.05, 0) is 16.4 Å². The molecule has 0 heterocycles. The summed E-state index contributed by atoms with van der Waals surface area (Å²) < 4.78 is 0. The van der Waals surface area contributed by atoms with Gasteiger partial charge in [0.05, 0.1) is 0 Å². The van der Waals surface area contributed by atoms with Crippen LogP contribution in [0.25, 0.3) is 0 Å². The Kier molecular flexibility index (Phi) is 2.98. The van der Waals surface area contributed by atoms with Crippen LogP contribution in [0.5, 0.6) is 0 Å². The maximum atomic E-state index is 12.1. The Balaban J connectivity index is 2.03. The molecule has 1 aromatic rings. The molecule has 1 atom stereocenters. The summed E-state index contributed by atoms with van der Waals surface area (Å²) in [4.78, 5) is 12.1. The molecule has 2 rings (SSSR count). The Labute approximate surface area is 109 Å². The fourth-order valence-electron chi connectivity index (χ4n) is 2.60. The minimum absolute atomic E-state index is 0.0927. The summed E-state index contributed by atoms with van der Waals surface area (Å²) >= 11 is 0. The zero-order chi connectivity index (χ0) is 13.6. The highest BCUT2D eigenvalue weighted by atomic mass is 16.2. The summed E-state index contributed by atoms with van der Waals surface area (Å²) in [6, 6.07) is 9.09. The highest BCUT2D eigenvalue weighted by Crippen LogP contribution is 2.62. The highest BCUT2D eigenvalue weighted by molar-refractivity contribution is 5.83. The minimum atomic E-state index is -0.585. The second kappa shape index (κ2) is 4.09. The molecule has 3 heteroatoms. The number of amides is 1. The lowest BCUT2D eigenvalue weighted by atomic mass is 10.0. The third kappa shape index (κ3) is 1.93. The van der Waals surface area contributed by atoms with Crippen molar-refractivity contribution in [2.75, 3.05) is 0 Å². The largest absolute Gasteiger partial charge is 0.351 e. The van der Waals surface area contributed by atoms with Crippen molar-refractivity contribution in [3.63, 3.8) is 0 Å². The maximum Gasteiger partial charge on any atom is 0.241 e. The molecular weight excluding hydrogens is 224 g/mol. The molecule has 0 radical (unpaired) electrons. The third-order valence-corrected chi connectivity index (χ3v) is 4.75. The molecule has 1 aliphatic rings. The normalized spacial score (nSPS) is 22.3. The Morgan fingerprint density at radius 3 is 2.11 bits per heavy atom. The molecule has 0 spiro atoms. The standard InChI is InChI=1S/C15H22N2O/c1-14(2)13(15(14,3)4)17-12(18)11(16)10-8-6-5-7-9-10/h5-9,11,13H,16H2,1-4H3,(H,17,18). The Bertz CT molecular complexity index is 437. The molecule has 1 saturated carbocycles. The van der Waals surface area contributed by atoms with Crippen LogP contribution in [0.4, 0.5) is 0 Å². The number of nitrogens with two attached hydrogens (primary N) is 1. The smallest absolute Gasteiger partial charge is 0.241 e. The first-order valence-electron chi connectivity index (χ1n) is 6.39. The van der Waals surface area contributed by atoms with Crippen molar-refractivity contribution in [2.45, 2.75) is 39.8 Å². The van der Waals surface area contributed by atoms with Crippen LogP contribution < -0.4 is 11.1 Å². The van der Waals surface area contributed by atoms with Gasteiger partial charge in [0, 0.05) is 6.04 Å². The van der Waals surface area contributed by atoms with Crippen LogP contribution in [-0.4, -0.2) is 11.9 Å². The lowest BCUT2D eigenvalue weighted by Gasteiger charge is -2.13. The maximum absolute atomic E-state index is 12.1. The van der Waals surface area contributed by atoms with Gasteiger partial charge in [0.1, 0.15) is 6.04 Å². The van der Waals surface area contributed by atoms with Crippen molar-refractivity contribution in [2.24, 2.45) is 16.6 Å². The molecule has 3 N–H and O–H groups in total. The quantitative estimate of drug-likeness (QED) is 0.859. The van der Waals surface area contributed by atoms with Crippen molar-refractivity contribution in [1.82, 2.24) is 5.32 Å². The summed E-state index contributed by atoms with van der Waals surface area (Å²) in [5, 5.41) is 3.07. The van der Waals surface area contributed by atoms with Gasteiger partial charge in [-0.25, -0.2) is 0 Å². The summed E-state index contributed by atoms with van der Waals surface area (Å²) in [6.07, 6.45) is 0. The van der Waals surface area contributed by atoms with Crippen molar-refractivity contribution in [3.05, 3.63) is 35.9 Å². The molecule has 1 fully saturated rings. The lowest BCUT2D eigenvalue weighted by Crippen LogP contribution is -2.37. The molecule has 3 nitrogen and oxygen atoms in total. The van der Waals surface area contributed by atoms with Crippen LogP contribution in [0.15, 0.2) is 30.3 Å². The van der Waals surface area contributed by atoms with Crippen LogP contribution in [0.1, 0.15) is 39.3 Å². The van der Waals surface area contributed by atoms with E-state index in [-0.39, 0.29) is 22.8 Å². The zero-order valence-corrected chi connectivity index (χ0v) is 11.5. The molecular formula is C15H22N2O. The van der Waals surface area contributed by atoms with Crippen molar-refractivity contribution < 1.29 is 4.79 Å². The number of carbonyl (C=O) groups excluding carboxylic acids is 1. The van der Waals surface area contributed by atoms with Gasteiger partial charge in [-0.1, -0.05) is 58.0 Å². The van der Waals surface area contributed by atoms with E-state index in [9.17, 15) is 4.79 Å². The van der Waals surface area contributed by atoms with E-state index in [1.807, 2.05) is 30.3 Å². The molecule has 98 valence electrons. The molecule has 1 aromatic carbocycles. The van der Waals surface area contributed by atoms with Crippen LogP contribution in [0.2, 0.25) is 0 Å². The van der Waals surface area contributed by atoms with Crippen molar-refractivity contribution >= 4 is 5.91 Å². The Morgan fingerprint density at radius 1 is 1.17 bits per heavy atom. The van der Waals surface area contributed by atoms with E-state index in [2.05, 4.69) is 33.0 Å². The number of hydrogen-bond donors (Lipinski definition) is 2. The van der Waals surface area contributed by atoms with Gasteiger partial charge in [0.2, 0.25) is 5.91 Å². The Morgan fingerprint density at radius 2 is 1.67 bits per heavy atom. The topological polar surface area (TPSA) is 55.1 Å². The molecule has 0 aliphatic heterocycles. The Hall–Kier alpha value is -1.35. The number of carbonyl (C=O) groups is 1. The number of benzene rings is 1. The number of nitrogens with one attached hydrogen (secondary N) is 1. The summed E-state index contributed by atoms with van der Waals surface area (Å²) in [5.74, 6) is -0.0927. The summed E-state index contributed by atoms with van der Waals surface area (Å²) in [6.45, 7) is 8.69. The first-order chi connectivity index (χ1) is 8.28. The van der Waals surface area contributed by atoms with E-state index in [0.29, 0.717) is 0 Å². The van der Waals surface area contributed by atoms with Gasteiger partial charge < -0.3 is 11.1 Å². The molecule has 18 heavy (non-hydrogen) atoms. The zero-order valence-electron chi connectivity index (χ0n) is 11.5.